The fraction of sp³-hybridized carbons (Fsp3) is 0.364. The van der Waals surface area contributed by atoms with Crippen LogP contribution in [0.1, 0.15) is 16.7 Å². The maximum Gasteiger partial charge on any atom is 0.252 e. The molecular weight excluding hydrogens is 420 g/mol. The minimum absolute atomic E-state index is 0.0807. The van der Waals surface area contributed by atoms with Gasteiger partial charge < -0.3 is 9.64 Å². The van der Waals surface area contributed by atoms with Gasteiger partial charge >= 0.3 is 0 Å². The number of carbonyl (C=O) groups is 1. The highest BCUT2D eigenvalue weighted by Crippen LogP contribution is 2.41. The Morgan fingerprint density at radius 2 is 1.87 bits per heavy atom. The van der Waals surface area contributed by atoms with E-state index in [-0.39, 0.29) is 35.1 Å². The lowest BCUT2D eigenvalue weighted by Gasteiger charge is -2.25. The highest BCUT2D eigenvalue weighted by Gasteiger charge is 2.49. The number of aliphatic imine (C=N–C) groups is 1. The summed E-state index contributed by atoms with van der Waals surface area (Å²) < 4.78 is 29.8. The normalized spacial score (nSPS) is 23.6. The number of sulfone groups is 1. The molecule has 0 saturated carbocycles. The van der Waals surface area contributed by atoms with Gasteiger partial charge in [-0.25, -0.2) is 8.42 Å². The molecule has 2 heterocycles. The van der Waals surface area contributed by atoms with Crippen molar-refractivity contribution in [1.82, 2.24) is 0 Å². The van der Waals surface area contributed by atoms with Gasteiger partial charge in [0.15, 0.2) is 15.0 Å². The quantitative estimate of drug-likeness (QED) is 0.721. The number of rotatable bonds is 4. The number of hydrogen-bond donors (Lipinski definition) is 0. The number of ether oxygens (including phenoxy) is 1. The number of methoxy groups -OCH3 is 1. The molecule has 1 amide bonds. The zero-order chi connectivity index (χ0) is 21.5. The third kappa shape index (κ3) is 4.25. The topological polar surface area (TPSA) is 76.0 Å². The second kappa shape index (κ2) is 8.07. The van der Waals surface area contributed by atoms with Crippen LogP contribution in [0.3, 0.4) is 0 Å². The van der Waals surface area contributed by atoms with E-state index in [0.717, 1.165) is 22.4 Å². The van der Waals surface area contributed by atoms with Gasteiger partial charge in [-0.05, 0) is 43.2 Å². The summed E-state index contributed by atoms with van der Waals surface area (Å²) in [5.41, 5.74) is 3.82. The van der Waals surface area contributed by atoms with Crippen molar-refractivity contribution in [3.8, 4) is 5.75 Å². The number of fused-ring (bicyclic) bond motifs is 1. The molecule has 4 rings (SSSR count). The highest BCUT2D eigenvalue weighted by atomic mass is 32.2. The van der Waals surface area contributed by atoms with Crippen molar-refractivity contribution >= 4 is 38.4 Å². The van der Waals surface area contributed by atoms with Crippen LogP contribution >= 0.6 is 11.8 Å². The molecule has 2 aromatic carbocycles. The molecule has 6 nitrogen and oxygen atoms in total. The smallest absolute Gasteiger partial charge is 0.252 e. The van der Waals surface area contributed by atoms with Gasteiger partial charge in [0, 0.05) is 16.5 Å². The molecule has 30 heavy (non-hydrogen) atoms. The van der Waals surface area contributed by atoms with E-state index in [0.29, 0.717) is 10.9 Å². The minimum atomic E-state index is -3.10. The summed E-state index contributed by atoms with van der Waals surface area (Å²) in [6.45, 7) is 4.01. The van der Waals surface area contributed by atoms with E-state index >= 15 is 0 Å². The summed E-state index contributed by atoms with van der Waals surface area (Å²) in [5.74, 6) is 0.569. The number of benzene rings is 2. The molecule has 8 heteroatoms. The minimum Gasteiger partial charge on any atom is -0.496 e. The van der Waals surface area contributed by atoms with Crippen LogP contribution in [0.15, 0.2) is 47.5 Å². The number of amidine groups is 1. The van der Waals surface area contributed by atoms with Crippen LogP contribution in [-0.4, -0.2) is 49.4 Å². The third-order valence-corrected chi connectivity index (χ3v) is 8.52. The maximum absolute atomic E-state index is 12.8. The van der Waals surface area contributed by atoms with Gasteiger partial charge in [-0.2, -0.15) is 4.99 Å². The average molecular weight is 445 g/mol. The maximum atomic E-state index is 12.8. The summed E-state index contributed by atoms with van der Waals surface area (Å²) >= 11 is 1.39. The second-order valence-corrected chi connectivity index (χ2v) is 11.2. The molecule has 0 radical (unpaired) electrons. The number of nitrogens with zero attached hydrogens (tertiary/aromatic N) is 2. The summed E-state index contributed by atoms with van der Waals surface area (Å²) in [7, 11) is -1.52. The molecule has 0 aliphatic carbocycles. The zero-order valence-electron chi connectivity index (χ0n) is 17.2. The van der Waals surface area contributed by atoms with Gasteiger partial charge in [0.25, 0.3) is 5.91 Å². The van der Waals surface area contributed by atoms with Crippen LogP contribution < -0.4 is 9.64 Å². The van der Waals surface area contributed by atoms with Crippen molar-refractivity contribution in [3.05, 3.63) is 59.2 Å². The largest absolute Gasteiger partial charge is 0.496 e. The first-order chi connectivity index (χ1) is 14.3. The number of thioether (sulfide) groups is 1. The van der Waals surface area contributed by atoms with Crippen molar-refractivity contribution in [2.45, 2.75) is 31.6 Å². The molecule has 2 aliphatic heterocycles. The van der Waals surface area contributed by atoms with Crippen molar-refractivity contribution in [3.63, 3.8) is 0 Å². The molecule has 2 atom stereocenters. The second-order valence-electron chi connectivity index (χ2n) is 7.79. The Morgan fingerprint density at radius 3 is 2.57 bits per heavy atom. The Kier molecular flexibility index (Phi) is 5.63. The van der Waals surface area contributed by atoms with Crippen LogP contribution in [0.4, 0.5) is 5.69 Å². The lowest BCUT2D eigenvalue weighted by molar-refractivity contribution is -0.117. The molecule has 2 aliphatic rings. The Bertz CT molecular complexity index is 1110. The van der Waals surface area contributed by atoms with Crippen molar-refractivity contribution in [2.24, 2.45) is 4.99 Å². The molecule has 0 spiro atoms. The lowest BCUT2D eigenvalue weighted by atomic mass is 10.1. The number of hydrogen-bond acceptors (Lipinski definition) is 5. The van der Waals surface area contributed by atoms with Crippen LogP contribution in [-0.2, 0) is 21.1 Å². The van der Waals surface area contributed by atoms with Gasteiger partial charge in [-0.15, -0.1) is 0 Å². The van der Waals surface area contributed by atoms with Crippen LogP contribution in [0.25, 0.3) is 0 Å². The van der Waals surface area contributed by atoms with Gasteiger partial charge in [-0.3, -0.25) is 4.79 Å². The summed E-state index contributed by atoms with van der Waals surface area (Å²) in [4.78, 5) is 19.1. The monoisotopic (exact) mass is 444 g/mol. The Hall–Kier alpha value is -2.32. The van der Waals surface area contributed by atoms with E-state index in [1.807, 2.05) is 55.1 Å². The Balaban J connectivity index is 1.67. The first-order valence-electron chi connectivity index (χ1n) is 9.74. The Morgan fingerprint density at radius 1 is 1.17 bits per heavy atom. The van der Waals surface area contributed by atoms with Crippen LogP contribution in [0.2, 0.25) is 0 Å². The number of anilines is 1. The first-order valence-corrected chi connectivity index (χ1v) is 12.4. The molecule has 0 bridgehead atoms. The van der Waals surface area contributed by atoms with Crippen molar-refractivity contribution < 1.29 is 17.9 Å². The Labute approximate surface area is 181 Å². The number of aryl methyl sites for hydroxylation is 2. The number of para-hydroxylation sites is 1. The van der Waals surface area contributed by atoms with Gasteiger partial charge in [0.05, 0.1) is 31.1 Å². The fourth-order valence-electron chi connectivity index (χ4n) is 4.11. The van der Waals surface area contributed by atoms with Crippen LogP contribution in [0.5, 0.6) is 5.75 Å². The van der Waals surface area contributed by atoms with E-state index in [2.05, 4.69) is 11.1 Å². The molecule has 2 saturated heterocycles. The average Bonchev–Trinajstić information content (AvgIpc) is 3.11. The van der Waals surface area contributed by atoms with Crippen LogP contribution in [0, 0.1) is 13.8 Å². The molecule has 2 aromatic rings. The van der Waals surface area contributed by atoms with Gasteiger partial charge in [0.1, 0.15) is 5.75 Å². The number of carbonyl (C=O) groups excluding carboxylic acids is 1. The van der Waals surface area contributed by atoms with E-state index in [1.54, 1.807) is 7.11 Å². The third-order valence-electron chi connectivity index (χ3n) is 5.31. The molecule has 0 unspecified atom stereocenters. The SMILES string of the molecule is COc1ccccc1CC(=O)N=C1S[C@@H]2CS(=O)(=O)C[C@H]2N1c1cc(C)cc(C)c1. The standard InChI is InChI=1S/C22H24N2O4S2/c1-14-8-15(2)10-17(9-14)24-18-12-30(26,27)13-20(18)29-22(24)23-21(25)11-16-6-4-5-7-19(16)28-3/h4-10,18,20H,11-13H2,1-3H3/t18-,20-/m1/s1. The van der Waals surface area contributed by atoms with Gasteiger partial charge in [0.2, 0.25) is 0 Å². The molecule has 2 fully saturated rings. The summed E-state index contributed by atoms with van der Waals surface area (Å²) in [6.07, 6.45) is 0.127. The van der Waals surface area contributed by atoms with E-state index in [9.17, 15) is 13.2 Å². The van der Waals surface area contributed by atoms with E-state index in [4.69, 9.17) is 4.74 Å². The van der Waals surface area contributed by atoms with Crippen molar-refractivity contribution in [2.75, 3.05) is 23.5 Å². The van der Waals surface area contributed by atoms with E-state index in [1.165, 1.54) is 11.8 Å². The number of amides is 1. The predicted molar refractivity (Wildman–Crippen MR) is 121 cm³/mol. The molecule has 0 aromatic heterocycles. The molecule has 0 N–H and O–H groups in total. The summed E-state index contributed by atoms with van der Waals surface area (Å²) in [5, 5.41) is 0.457. The fourth-order valence-corrected chi connectivity index (χ4v) is 8.05. The highest BCUT2D eigenvalue weighted by molar-refractivity contribution is 8.16. The van der Waals surface area contributed by atoms with Gasteiger partial charge in [-0.1, -0.05) is 36.0 Å². The van der Waals surface area contributed by atoms with Crippen molar-refractivity contribution in [1.29, 1.82) is 0 Å². The lowest BCUT2D eigenvalue weighted by Crippen LogP contribution is -2.37. The molecule has 158 valence electrons. The first kappa shape index (κ1) is 20.9. The predicted octanol–water partition coefficient (Wildman–Crippen LogP) is 3.16. The summed E-state index contributed by atoms with van der Waals surface area (Å²) in [6, 6.07) is 13.3. The zero-order valence-corrected chi connectivity index (χ0v) is 18.8. The molecular formula is C22H24N2O4S2. The van der Waals surface area contributed by atoms with E-state index < -0.39 is 9.84 Å².